The molecule has 0 aromatic heterocycles. The number of hydrogen-bond acceptors (Lipinski definition) is 5. The van der Waals surface area contributed by atoms with Gasteiger partial charge in [0, 0.05) is 11.3 Å². The van der Waals surface area contributed by atoms with Gasteiger partial charge in [-0.05, 0) is 53.9 Å². The lowest BCUT2D eigenvalue weighted by Gasteiger charge is -2.25. The molecule has 0 saturated carbocycles. The number of carbonyl (C=O) groups excluding carboxylic acids is 2. The summed E-state index contributed by atoms with van der Waals surface area (Å²) in [7, 11) is 0. The molecule has 4 rings (SSSR count). The molecule has 7 heteroatoms. The van der Waals surface area contributed by atoms with Crippen LogP contribution >= 0.6 is 0 Å². The average Bonchev–Trinajstić information content (AvgIpc) is 3.17. The van der Waals surface area contributed by atoms with Crippen molar-refractivity contribution in [2.24, 2.45) is 0 Å². The lowest BCUT2D eigenvalue weighted by atomic mass is 9.95. The number of Topliss-reactive ketones (excluding diaryl/α,β-unsaturated/α-hetero) is 1. The van der Waals surface area contributed by atoms with Gasteiger partial charge in [0.15, 0.2) is 0 Å². The normalized spacial score (nSPS) is 16.7. The predicted octanol–water partition coefficient (Wildman–Crippen LogP) is 5.51. The van der Waals surface area contributed by atoms with E-state index in [2.05, 4.69) is 6.92 Å². The Labute approximate surface area is 215 Å². The van der Waals surface area contributed by atoms with E-state index >= 15 is 0 Å². The minimum atomic E-state index is -0.963. The Hall–Kier alpha value is -4.39. The Bertz CT molecular complexity index is 1300. The van der Waals surface area contributed by atoms with E-state index in [1.807, 2.05) is 6.07 Å². The molecule has 37 heavy (non-hydrogen) atoms. The highest BCUT2D eigenvalue weighted by Gasteiger charge is 2.46. The fraction of sp³-hybridized carbons (Fsp3) is 0.233. The van der Waals surface area contributed by atoms with Gasteiger partial charge < -0.3 is 14.9 Å². The van der Waals surface area contributed by atoms with Crippen LogP contribution in [0.5, 0.6) is 5.75 Å². The maximum atomic E-state index is 13.3. The van der Waals surface area contributed by atoms with E-state index in [0.717, 1.165) is 19.3 Å². The molecule has 1 unspecified atom stereocenters. The third-order valence-corrected chi connectivity index (χ3v) is 6.27. The van der Waals surface area contributed by atoms with E-state index in [1.165, 1.54) is 4.90 Å². The van der Waals surface area contributed by atoms with Gasteiger partial charge >= 0.3 is 5.97 Å². The van der Waals surface area contributed by atoms with Crippen LogP contribution in [0.3, 0.4) is 0 Å². The summed E-state index contributed by atoms with van der Waals surface area (Å²) < 4.78 is 5.74. The van der Waals surface area contributed by atoms with Crippen molar-refractivity contribution >= 4 is 29.1 Å². The first-order valence-corrected chi connectivity index (χ1v) is 12.3. The molecule has 1 aliphatic rings. The predicted molar refractivity (Wildman–Crippen MR) is 140 cm³/mol. The number of ketones is 1. The highest BCUT2D eigenvalue weighted by Crippen LogP contribution is 2.42. The van der Waals surface area contributed by atoms with Crippen LogP contribution in [0.4, 0.5) is 5.69 Å². The molecule has 2 N–H and O–H groups in total. The Balaban J connectivity index is 1.71. The van der Waals surface area contributed by atoms with Crippen LogP contribution in [0.2, 0.25) is 0 Å². The van der Waals surface area contributed by atoms with Crippen LogP contribution in [0.15, 0.2) is 84.4 Å². The first kappa shape index (κ1) is 25.7. The fourth-order valence-corrected chi connectivity index (χ4v) is 4.41. The zero-order chi connectivity index (χ0) is 26.4. The molecule has 0 bridgehead atoms. The molecule has 1 atom stereocenters. The Morgan fingerprint density at radius 1 is 0.892 bits per heavy atom. The molecule has 1 amide bonds. The van der Waals surface area contributed by atoms with Gasteiger partial charge in [0.05, 0.1) is 24.6 Å². The van der Waals surface area contributed by atoms with Crippen LogP contribution in [0.1, 0.15) is 48.9 Å². The van der Waals surface area contributed by atoms with Crippen LogP contribution in [-0.2, 0) is 20.8 Å². The molecule has 7 nitrogen and oxygen atoms in total. The SMILES string of the molecule is CCCCCOc1ccc(/C(O)=C2\C(=O)C(=O)N(c3ccc(CC(=O)O)cc3)C2c2ccccc2)cc1. The molecule has 0 aliphatic carbocycles. The molecule has 190 valence electrons. The number of rotatable bonds is 10. The number of aliphatic carboxylic acids is 1. The molecular formula is C30H29NO6. The molecule has 1 saturated heterocycles. The van der Waals surface area contributed by atoms with Gasteiger partial charge in [0.2, 0.25) is 0 Å². The minimum Gasteiger partial charge on any atom is -0.507 e. The number of aliphatic hydroxyl groups is 1. The zero-order valence-corrected chi connectivity index (χ0v) is 20.6. The molecule has 1 fully saturated rings. The second-order valence-corrected chi connectivity index (χ2v) is 8.90. The van der Waals surface area contributed by atoms with Crippen LogP contribution in [0.25, 0.3) is 5.76 Å². The fourth-order valence-electron chi connectivity index (χ4n) is 4.41. The van der Waals surface area contributed by atoms with Gasteiger partial charge in [-0.1, -0.05) is 62.2 Å². The van der Waals surface area contributed by atoms with Crippen molar-refractivity contribution in [1.82, 2.24) is 0 Å². The smallest absolute Gasteiger partial charge is 0.307 e. The number of aliphatic hydroxyl groups excluding tert-OH is 1. The maximum Gasteiger partial charge on any atom is 0.307 e. The van der Waals surface area contributed by atoms with Crippen molar-refractivity contribution in [3.63, 3.8) is 0 Å². The topological polar surface area (TPSA) is 104 Å². The first-order valence-electron chi connectivity index (χ1n) is 12.3. The number of carboxylic acid groups (broad SMARTS) is 1. The number of nitrogens with zero attached hydrogens (tertiary/aromatic N) is 1. The lowest BCUT2D eigenvalue weighted by Crippen LogP contribution is -2.29. The van der Waals surface area contributed by atoms with Gasteiger partial charge in [-0.25, -0.2) is 0 Å². The molecule has 1 aliphatic heterocycles. The summed E-state index contributed by atoms with van der Waals surface area (Å²) in [5.74, 6) is -2.13. The van der Waals surface area contributed by atoms with Crippen molar-refractivity contribution in [3.8, 4) is 5.75 Å². The van der Waals surface area contributed by atoms with E-state index in [1.54, 1.807) is 72.8 Å². The maximum absolute atomic E-state index is 13.3. The van der Waals surface area contributed by atoms with E-state index in [-0.39, 0.29) is 17.8 Å². The van der Waals surface area contributed by atoms with Gasteiger partial charge in [-0.3, -0.25) is 19.3 Å². The summed E-state index contributed by atoms with van der Waals surface area (Å²) in [6.45, 7) is 2.72. The van der Waals surface area contributed by atoms with Crippen molar-refractivity contribution in [3.05, 3.63) is 101 Å². The zero-order valence-electron chi connectivity index (χ0n) is 20.6. The Morgan fingerprint density at radius 2 is 1.57 bits per heavy atom. The van der Waals surface area contributed by atoms with Gasteiger partial charge in [-0.2, -0.15) is 0 Å². The standard InChI is InChI=1S/C30H29NO6/c1-2-3-7-18-37-24-16-12-22(13-17-24)28(34)26-27(21-8-5-4-6-9-21)31(30(36)29(26)35)23-14-10-20(11-15-23)19-25(32)33/h4-6,8-17,27,34H,2-3,7,18-19H2,1H3,(H,32,33)/b28-26+. The summed E-state index contributed by atoms with van der Waals surface area (Å²) in [6, 6.07) is 21.4. The van der Waals surface area contributed by atoms with Crippen molar-refractivity contribution < 1.29 is 29.3 Å². The van der Waals surface area contributed by atoms with E-state index in [4.69, 9.17) is 9.84 Å². The summed E-state index contributed by atoms with van der Waals surface area (Å²) in [6.07, 6.45) is 2.99. The number of unbranched alkanes of at least 4 members (excludes halogenated alkanes) is 2. The van der Waals surface area contributed by atoms with E-state index in [0.29, 0.717) is 34.7 Å². The largest absolute Gasteiger partial charge is 0.507 e. The number of carboxylic acids is 1. The van der Waals surface area contributed by atoms with E-state index < -0.39 is 23.7 Å². The second-order valence-electron chi connectivity index (χ2n) is 8.90. The summed E-state index contributed by atoms with van der Waals surface area (Å²) in [5, 5.41) is 20.3. The van der Waals surface area contributed by atoms with E-state index in [9.17, 15) is 19.5 Å². The lowest BCUT2D eigenvalue weighted by molar-refractivity contribution is -0.136. The van der Waals surface area contributed by atoms with Crippen LogP contribution in [-0.4, -0.2) is 34.5 Å². The number of benzene rings is 3. The monoisotopic (exact) mass is 499 g/mol. The molecule has 3 aromatic carbocycles. The third kappa shape index (κ3) is 5.72. The van der Waals surface area contributed by atoms with Crippen molar-refractivity contribution in [2.45, 2.75) is 38.6 Å². The average molecular weight is 500 g/mol. The molecule has 0 radical (unpaired) electrons. The summed E-state index contributed by atoms with van der Waals surface area (Å²) in [4.78, 5) is 38.9. The van der Waals surface area contributed by atoms with Gasteiger partial charge in [0.25, 0.3) is 11.7 Å². The van der Waals surface area contributed by atoms with Gasteiger partial charge in [0.1, 0.15) is 11.5 Å². The molecule has 1 heterocycles. The summed E-state index contributed by atoms with van der Waals surface area (Å²) in [5.41, 5.74) is 2.05. The second kappa shape index (κ2) is 11.6. The van der Waals surface area contributed by atoms with Crippen LogP contribution in [0, 0.1) is 0 Å². The van der Waals surface area contributed by atoms with Crippen molar-refractivity contribution in [1.29, 1.82) is 0 Å². The third-order valence-electron chi connectivity index (χ3n) is 6.27. The minimum absolute atomic E-state index is 0.0116. The highest BCUT2D eigenvalue weighted by atomic mass is 16.5. The first-order chi connectivity index (χ1) is 17.9. The Morgan fingerprint density at radius 3 is 2.19 bits per heavy atom. The summed E-state index contributed by atoms with van der Waals surface area (Å²) >= 11 is 0. The van der Waals surface area contributed by atoms with Gasteiger partial charge in [-0.15, -0.1) is 0 Å². The number of amides is 1. The molecule has 0 spiro atoms. The number of anilines is 1. The number of carbonyl (C=O) groups is 3. The number of hydrogen-bond donors (Lipinski definition) is 2. The quantitative estimate of drug-likeness (QED) is 0.165. The Kier molecular flexibility index (Phi) is 8.03. The number of ether oxygens (including phenoxy) is 1. The molecule has 3 aromatic rings. The highest BCUT2D eigenvalue weighted by molar-refractivity contribution is 6.51. The molecular weight excluding hydrogens is 470 g/mol. The van der Waals surface area contributed by atoms with Crippen LogP contribution < -0.4 is 9.64 Å². The van der Waals surface area contributed by atoms with Crippen molar-refractivity contribution in [2.75, 3.05) is 11.5 Å².